The predicted octanol–water partition coefficient (Wildman–Crippen LogP) is 3.52. The van der Waals surface area contributed by atoms with Gasteiger partial charge in [0.25, 0.3) is 5.91 Å². The molecule has 1 aromatic heterocycles. The van der Waals surface area contributed by atoms with Gasteiger partial charge in [0.15, 0.2) is 10.8 Å². The molecule has 8 nitrogen and oxygen atoms in total. The van der Waals surface area contributed by atoms with E-state index in [4.69, 9.17) is 22.2 Å². The molecule has 1 saturated carbocycles. The van der Waals surface area contributed by atoms with Crippen molar-refractivity contribution in [1.82, 2.24) is 10.3 Å². The summed E-state index contributed by atoms with van der Waals surface area (Å²) in [5.74, 6) is 0.225. The van der Waals surface area contributed by atoms with E-state index in [2.05, 4.69) is 10.3 Å². The van der Waals surface area contributed by atoms with Gasteiger partial charge >= 0.3 is 6.18 Å². The van der Waals surface area contributed by atoms with Crippen LogP contribution >= 0.6 is 12.2 Å². The normalized spacial score (nSPS) is 23.2. The number of aromatic nitrogens is 1. The fourth-order valence-corrected chi connectivity index (χ4v) is 5.64. The Bertz CT molecular complexity index is 1260. The Morgan fingerprint density at radius 3 is 2.59 bits per heavy atom. The summed E-state index contributed by atoms with van der Waals surface area (Å²) in [6, 6.07) is 9.30. The zero-order valence-corrected chi connectivity index (χ0v) is 20.5. The fraction of sp³-hybridized carbons (Fsp3) is 0.440. The summed E-state index contributed by atoms with van der Waals surface area (Å²) in [6.07, 6.45) is -0.501. The molecule has 0 bridgehead atoms. The minimum Gasteiger partial charge on any atom is -0.490 e. The van der Waals surface area contributed by atoms with Gasteiger partial charge in [-0.15, -0.1) is 0 Å². The Kier molecular flexibility index (Phi) is 6.55. The molecule has 1 aromatic carbocycles. The Morgan fingerprint density at radius 2 is 2.00 bits per heavy atom. The van der Waals surface area contributed by atoms with Crippen LogP contribution in [0.2, 0.25) is 0 Å². The molecule has 0 radical (unpaired) electrons. The van der Waals surface area contributed by atoms with Gasteiger partial charge in [-0.3, -0.25) is 9.69 Å². The lowest BCUT2D eigenvalue weighted by Crippen LogP contribution is -2.55. The number of pyridine rings is 1. The average Bonchev–Trinajstić information content (AvgIpc) is 3.10. The number of carbonyl (C=O) groups is 1. The van der Waals surface area contributed by atoms with E-state index < -0.39 is 28.9 Å². The summed E-state index contributed by atoms with van der Waals surface area (Å²) in [6.45, 7) is 0.786. The minimum atomic E-state index is -4.81. The molecule has 1 aliphatic carbocycles. The first-order chi connectivity index (χ1) is 17.7. The molecule has 37 heavy (non-hydrogen) atoms. The monoisotopic (exact) mass is 531 g/mol. The predicted molar refractivity (Wildman–Crippen MR) is 132 cm³/mol. The van der Waals surface area contributed by atoms with Crippen molar-refractivity contribution in [2.24, 2.45) is 0 Å². The van der Waals surface area contributed by atoms with Crippen molar-refractivity contribution in [1.29, 1.82) is 5.26 Å². The van der Waals surface area contributed by atoms with E-state index in [1.165, 1.54) is 6.07 Å². The Morgan fingerprint density at radius 1 is 1.27 bits per heavy atom. The number of nitriles is 1. The number of anilines is 2. The van der Waals surface area contributed by atoms with Crippen LogP contribution in [0.25, 0.3) is 0 Å². The van der Waals surface area contributed by atoms with E-state index in [9.17, 15) is 23.1 Å². The molecular weight excluding hydrogens is 507 g/mol. The first-order valence-electron chi connectivity index (χ1n) is 11.9. The largest absolute Gasteiger partial charge is 0.490 e. The maximum Gasteiger partial charge on any atom is 0.419 e. The molecule has 2 aliphatic heterocycles. The zero-order chi connectivity index (χ0) is 26.4. The van der Waals surface area contributed by atoms with E-state index >= 15 is 0 Å². The maximum absolute atomic E-state index is 13.6. The third-order valence-corrected chi connectivity index (χ3v) is 7.57. The zero-order valence-electron chi connectivity index (χ0n) is 19.7. The van der Waals surface area contributed by atoms with E-state index in [0.717, 1.165) is 36.5 Å². The van der Waals surface area contributed by atoms with Crippen LogP contribution in [-0.4, -0.2) is 51.9 Å². The van der Waals surface area contributed by atoms with Crippen LogP contribution in [0.15, 0.2) is 36.5 Å². The van der Waals surface area contributed by atoms with Crippen LogP contribution < -0.4 is 19.9 Å². The molecule has 5 rings (SSSR count). The number of aliphatic hydroxyl groups excluding tert-OH is 1. The summed E-state index contributed by atoms with van der Waals surface area (Å²) in [7, 11) is 0. The number of benzene rings is 1. The van der Waals surface area contributed by atoms with E-state index in [-0.39, 0.29) is 29.6 Å². The first-order valence-corrected chi connectivity index (χ1v) is 12.4. The van der Waals surface area contributed by atoms with Crippen molar-refractivity contribution in [2.75, 3.05) is 23.0 Å². The van der Waals surface area contributed by atoms with Crippen molar-refractivity contribution >= 4 is 34.6 Å². The second-order valence-electron chi connectivity index (χ2n) is 9.43. The third kappa shape index (κ3) is 4.41. The number of aliphatic hydroxyl groups is 1. The molecule has 0 unspecified atom stereocenters. The molecule has 12 heteroatoms. The van der Waals surface area contributed by atoms with Gasteiger partial charge in [0.1, 0.15) is 23.5 Å². The second-order valence-corrected chi connectivity index (χ2v) is 9.80. The number of rotatable bonds is 5. The SMILES string of the molecule is N#Cc1ncc(N2C(=O)C3(CCC3)N(c3ccc(O[C@@H]4CCN[C@H](CO)C4)cc3)C2=S)cc1C(F)(F)F. The molecular formula is C25H24F3N5O3S. The topological polar surface area (TPSA) is 102 Å². The van der Waals surface area contributed by atoms with Crippen molar-refractivity contribution in [3.05, 3.63) is 47.8 Å². The molecule has 1 spiro atoms. The van der Waals surface area contributed by atoms with Crippen molar-refractivity contribution in [3.63, 3.8) is 0 Å². The summed E-state index contributed by atoms with van der Waals surface area (Å²) in [4.78, 5) is 20.0. The molecule has 2 N–H and O–H groups in total. The molecule has 3 heterocycles. The number of hydrogen-bond donors (Lipinski definition) is 2. The molecule has 3 fully saturated rings. The van der Waals surface area contributed by atoms with Gasteiger partial charge in [-0.05, 0) is 74.8 Å². The molecule has 1 amide bonds. The van der Waals surface area contributed by atoms with E-state index in [1.54, 1.807) is 29.2 Å². The van der Waals surface area contributed by atoms with Crippen molar-refractivity contribution in [3.8, 4) is 11.8 Å². The molecule has 2 saturated heterocycles. The van der Waals surface area contributed by atoms with Gasteiger partial charge < -0.3 is 20.1 Å². The fourth-order valence-electron chi connectivity index (χ4n) is 5.17. The van der Waals surface area contributed by atoms with Gasteiger partial charge in [-0.25, -0.2) is 4.98 Å². The van der Waals surface area contributed by atoms with Gasteiger partial charge in [-0.1, -0.05) is 0 Å². The number of ether oxygens (including phenoxy) is 1. The number of halogens is 3. The molecule has 194 valence electrons. The lowest BCUT2D eigenvalue weighted by atomic mass is 9.75. The highest BCUT2D eigenvalue weighted by Gasteiger charge is 2.59. The van der Waals surface area contributed by atoms with Crippen LogP contribution in [0.1, 0.15) is 43.4 Å². The quantitative estimate of drug-likeness (QED) is 0.566. The number of amides is 1. The van der Waals surface area contributed by atoms with Crippen LogP contribution in [0.4, 0.5) is 24.5 Å². The number of piperidine rings is 1. The Labute approximate surface area is 216 Å². The van der Waals surface area contributed by atoms with Crippen molar-refractivity contribution < 1.29 is 27.8 Å². The Hall–Kier alpha value is -3.27. The molecule has 2 aromatic rings. The standard InChI is InChI=1S/C25H24F3N5O3S/c26-25(27,28)20-11-17(13-31-21(20)12-29)32-22(35)24(7-1-8-24)33(23(32)37)16-2-4-18(5-3-16)36-19-6-9-30-15(10-19)14-34/h2-5,11,13,15,19,30,34H,1,6-10,14H2/t15-,19+/m0/s1. The van der Waals surface area contributed by atoms with Crippen LogP contribution in [0, 0.1) is 11.3 Å². The van der Waals surface area contributed by atoms with Crippen LogP contribution in [-0.2, 0) is 11.0 Å². The minimum absolute atomic E-state index is 0.00922. The second kappa shape index (κ2) is 9.55. The van der Waals surface area contributed by atoms with Crippen LogP contribution in [0.3, 0.4) is 0 Å². The highest BCUT2D eigenvalue weighted by atomic mass is 32.1. The average molecular weight is 532 g/mol. The van der Waals surface area contributed by atoms with E-state index in [0.29, 0.717) is 30.7 Å². The Balaban J connectivity index is 1.42. The first kappa shape index (κ1) is 25.4. The number of thiocarbonyl (C=S) groups is 1. The number of carbonyl (C=O) groups excluding carboxylic acids is 1. The van der Waals surface area contributed by atoms with Gasteiger partial charge in [0, 0.05) is 18.2 Å². The lowest BCUT2D eigenvalue weighted by molar-refractivity contribution is -0.138. The third-order valence-electron chi connectivity index (χ3n) is 7.20. The lowest BCUT2D eigenvalue weighted by Gasteiger charge is -2.43. The summed E-state index contributed by atoms with van der Waals surface area (Å²) in [5.41, 5.74) is -2.45. The van der Waals surface area contributed by atoms with Gasteiger partial charge in [0.05, 0.1) is 24.1 Å². The highest BCUT2D eigenvalue weighted by Crippen LogP contribution is 2.48. The summed E-state index contributed by atoms with van der Waals surface area (Å²) < 4.78 is 46.7. The number of nitrogens with zero attached hydrogens (tertiary/aromatic N) is 4. The molecule has 2 atom stereocenters. The highest BCUT2D eigenvalue weighted by molar-refractivity contribution is 7.81. The van der Waals surface area contributed by atoms with E-state index in [1.807, 2.05) is 0 Å². The number of alkyl halides is 3. The van der Waals surface area contributed by atoms with Crippen molar-refractivity contribution in [2.45, 2.75) is 56.0 Å². The van der Waals surface area contributed by atoms with Gasteiger partial charge in [-0.2, -0.15) is 18.4 Å². The smallest absolute Gasteiger partial charge is 0.419 e. The number of hydrogen-bond acceptors (Lipinski definition) is 7. The number of nitrogens with one attached hydrogen (secondary N) is 1. The summed E-state index contributed by atoms with van der Waals surface area (Å²) >= 11 is 5.64. The molecule has 3 aliphatic rings. The van der Waals surface area contributed by atoms with Crippen LogP contribution in [0.5, 0.6) is 5.75 Å². The van der Waals surface area contributed by atoms with Gasteiger partial charge in [0.2, 0.25) is 0 Å². The summed E-state index contributed by atoms with van der Waals surface area (Å²) in [5, 5.41) is 21.7. The maximum atomic E-state index is 13.6.